The second kappa shape index (κ2) is 7.58. The Morgan fingerprint density at radius 2 is 2.26 bits per heavy atom. The van der Waals surface area contributed by atoms with Gasteiger partial charge in [-0.15, -0.1) is 0 Å². The van der Waals surface area contributed by atoms with Gasteiger partial charge in [-0.2, -0.15) is 8.78 Å². The van der Waals surface area contributed by atoms with Gasteiger partial charge in [0, 0.05) is 12.7 Å². The van der Waals surface area contributed by atoms with Crippen LogP contribution in [-0.2, 0) is 9.53 Å². The first-order valence-electron chi connectivity index (χ1n) is 7.03. The van der Waals surface area contributed by atoms with E-state index in [1.54, 1.807) is 0 Å². The highest BCUT2D eigenvalue weighted by atomic mass is 19.3. The number of ether oxygens (including phenoxy) is 2. The molecule has 1 aromatic rings. The Labute approximate surface area is 130 Å². The zero-order valence-electron chi connectivity index (χ0n) is 12.1. The zero-order chi connectivity index (χ0) is 16.9. The predicted octanol–water partition coefficient (Wildman–Crippen LogP) is 2.87. The van der Waals surface area contributed by atoms with Crippen molar-refractivity contribution in [2.45, 2.75) is 37.7 Å². The van der Waals surface area contributed by atoms with Crippen LogP contribution >= 0.6 is 0 Å². The number of hydrogen-bond acceptors (Lipinski definition) is 4. The molecular formula is C14H16F4N2O3. The standard InChI is InChI=1S/C14H16F4N2O3/c15-13(16)14(17,18)8-23-12-4-3-9(7-19-12)20-11(21)6-10-2-1-5-22-10/h3-4,7,10,13H,1-2,5-6,8H2,(H,20,21)/t10-/m1/s1. The highest BCUT2D eigenvalue weighted by molar-refractivity contribution is 5.90. The SMILES string of the molecule is O=C(C[C@H]1CCCO1)Nc1ccc(OCC(F)(F)C(F)F)nc1. The summed E-state index contributed by atoms with van der Waals surface area (Å²) in [5, 5.41) is 2.58. The molecule has 0 bridgehead atoms. The van der Waals surface area contributed by atoms with Gasteiger partial charge < -0.3 is 14.8 Å². The van der Waals surface area contributed by atoms with Crippen LogP contribution in [0, 0.1) is 0 Å². The van der Waals surface area contributed by atoms with Crippen molar-refractivity contribution in [3.05, 3.63) is 18.3 Å². The topological polar surface area (TPSA) is 60.5 Å². The molecule has 23 heavy (non-hydrogen) atoms. The lowest BCUT2D eigenvalue weighted by Gasteiger charge is -2.15. The number of carbonyl (C=O) groups is 1. The van der Waals surface area contributed by atoms with Crippen LogP contribution in [0.3, 0.4) is 0 Å². The fourth-order valence-corrected chi connectivity index (χ4v) is 2.00. The van der Waals surface area contributed by atoms with E-state index in [1.807, 2.05) is 0 Å². The van der Waals surface area contributed by atoms with Crippen molar-refractivity contribution in [2.75, 3.05) is 18.5 Å². The number of nitrogens with zero attached hydrogens (tertiary/aromatic N) is 1. The van der Waals surface area contributed by atoms with Gasteiger partial charge in [-0.05, 0) is 18.9 Å². The molecular weight excluding hydrogens is 320 g/mol. The molecule has 2 heterocycles. The molecule has 0 saturated carbocycles. The van der Waals surface area contributed by atoms with Crippen molar-refractivity contribution in [3.63, 3.8) is 0 Å². The third kappa shape index (κ3) is 5.34. The van der Waals surface area contributed by atoms with Gasteiger partial charge in [-0.3, -0.25) is 4.79 Å². The number of pyridine rings is 1. The summed E-state index contributed by atoms with van der Waals surface area (Å²) in [6.07, 6.45) is -0.728. The summed E-state index contributed by atoms with van der Waals surface area (Å²) in [5.41, 5.74) is 0.348. The molecule has 0 spiro atoms. The van der Waals surface area contributed by atoms with Crippen LogP contribution in [0.15, 0.2) is 18.3 Å². The summed E-state index contributed by atoms with van der Waals surface area (Å²) < 4.78 is 59.2. The molecule has 0 aromatic carbocycles. The normalized spacial score (nSPS) is 18.2. The van der Waals surface area contributed by atoms with Crippen LogP contribution < -0.4 is 10.1 Å². The maximum atomic E-state index is 12.7. The summed E-state index contributed by atoms with van der Waals surface area (Å²) >= 11 is 0. The quantitative estimate of drug-likeness (QED) is 0.778. The Kier molecular flexibility index (Phi) is 5.75. The number of carbonyl (C=O) groups excluding carboxylic acids is 1. The van der Waals surface area contributed by atoms with Crippen LogP contribution in [-0.4, -0.2) is 42.6 Å². The Morgan fingerprint density at radius 1 is 1.48 bits per heavy atom. The first-order chi connectivity index (χ1) is 10.9. The third-order valence-electron chi connectivity index (χ3n) is 3.19. The fraction of sp³-hybridized carbons (Fsp3) is 0.571. The lowest BCUT2D eigenvalue weighted by atomic mass is 10.2. The maximum absolute atomic E-state index is 12.7. The second-order valence-corrected chi connectivity index (χ2v) is 5.12. The molecule has 2 rings (SSSR count). The predicted molar refractivity (Wildman–Crippen MR) is 72.9 cm³/mol. The first-order valence-corrected chi connectivity index (χ1v) is 7.03. The van der Waals surface area contributed by atoms with E-state index in [1.165, 1.54) is 18.3 Å². The lowest BCUT2D eigenvalue weighted by Crippen LogP contribution is -2.33. The number of amides is 1. The fourth-order valence-electron chi connectivity index (χ4n) is 2.00. The van der Waals surface area contributed by atoms with Crippen molar-refractivity contribution in [1.29, 1.82) is 0 Å². The second-order valence-electron chi connectivity index (χ2n) is 5.12. The van der Waals surface area contributed by atoms with Crippen LogP contribution in [0.1, 0.15) is 19.3 Å². The molecule has 1 aliphatic heterocycles. The smallest absolute Gasteiger partial charge is 0.340 e. The minimum absolute atomic E-state index is 0.0952. The van der Waals surface area contributed by atoms with E-state index in [0.717, 1.165) is 12.8 Å². The van der Waals surface area contributed by atoms with Crippen LogP contribution in [0.2, 0.25) is 0 Å². The van der Waals surface area contributed by atoms with Gasteiger partial charge in [0.05, 0.1) is 24.4 Å². The Balaban J connectivity index is 1.80. The molecule has 0 aliphatic carbocycles. The van der Waals surface area contributed by atoms with Crippen molar-refractivity contribution < 1.29 is 31.8 Å². The molecule has 1 amide bonds. The maximum Gasteiger partial charge on any atom is 0.340 e. The molecule has 1 atom stereocenters. The summed E-state index contributed by atoms with van der Waals surface area (Å²) in [6, 6.07) is 2.60. The van der Waals surface area contributed by atoms with E-state index in [4.69, 9.17) is 4.74 Å². The van der Waals surface area contributed by atoms with Crippen molar-refractivity contribution in [2.24, 2.45) is 0 Å². The van der Waals surface area contributed by atoms with E-state index >= 15 is 0 Å². The van der Waals surface area contributed by atoms with Crippen LogP contribution in [0.25, 0.3) is 0 Å². The largest absolute Gasteiger partial charge is 0.471 e. The van der Waals surface area contributed by atoms with E-state index < -0.39 is 19.0 Å². The lowest BCUT2D eigenvalue weighted by molar-refractivity contribution is -0.148. The molecule has 0 unspecified atom stereocenters. The number of alkyl halides is 4. The van der Waals surface area contributed by atoms with E-state index in [-0.39, 0.29) is 24.3 Å². The summed E-state index contributed by atoms with van der Waals surface area (Å²) in [7, 11) is 0. The number of rotatable bonds is 7. The number of nitrogens with one attached hydrogen (secondary N) is 1. The molecule has 128 valence electrons. The molecule has 5 nitrogen and oxygen atoms in total. The van der Waals surface area contributed by atoms with Crippen molar-refractivity contribution in [3.8, 4) is 5.88 Å². The molecule has 1 saturated heterocycles. The molecule has 0 radical (unpaired) electrons. The van der Waals surface area contributed by atoms with Gasteiger partial charge in [-0.1, -0.05) is 0 Å². The highest BCUT2D eigenvalue weighted by Gasteiger charge is 2.41. The van der Waals surface area contributed by atoms with Crippen LogP contribution in [0.4, 0.5) is 23.2 Å². The Hall–Kier alpha value is -1.90. The van der Waals surface area contributed by atoms with Gasteiger partial charge in [0.2, 0.25) is 11.8 Å². The monoisotopic (exact) mass is 336 g/mol. The van der Waals surface area contributed by atoms with Crippen molar-refractivity contribution >= 4 is 11.6 Å². The first kappa shape index (κ1) is 17.5. The zero-order valence-corrected chi connectivity index (χ0v) is 12.1. The molecule has 1 N–H and O–H groups in total. The average Bonchev–Trinajstić information content (AvgIpc) is 2.99. The average molecular weight is 336 g/mol. The van der Waals surface area contributed by atoms with E-state index in [9.17, 15) is 22.4 Å². The van der Waals surface area contributed by atoms with Gasteiger partial charge >= 0.3 is 12.3 Å². The highest BCUT2D eigenvalue weighted by Crippen LogP contribution is 2.24. The van der Waals surface area contributed by atoms with E-state index in [2.05, 4.69) is 15.0 Å². The van der Waals surface area contributed by atoms with Crippen molar-refractivity contribution in [1.82, 2.24) is 4.98 Å². The number of hydrogen-bond donors (Lipinski definition) is 1. The summed E-state index contributed by atoms with van der Waals surface area (Å²) in [5.74, 6) is -4.73. The third-order valence-corrected chi connectivity index (χ3v) is 3.19. The number of anilines is 1. The Bertz CT molecular complexity index is 519. The minimum Gasteiger partial charge on any atom is -0.471 e. The van der Waals surface area contributed by atoms with Gasteiger partial charge in [0.15, 0.2) is 6.61 Å². The summed E-state index contributed by atoms with van der Waals surface area (Å²) in [4.78, 5) is 15.4. The van der Waals surface area contributed by atoms with E-state index in [0.29, 0.717) is 12.3 Å². The Morgan fingerprint density at radius 3 is 2.83 bits per heavy atom. The molecule has 9 heteroatoms. The van der Waals surface area contributed by atoms with Crippen LogP contribution in [0.5, 0.6) is 5.88 Å². The molecule has 1 fully saturated rings. The van der Waals surface area contributed by atoms with Gasteiger partial charge in [-0.25, -0.2) is 13.8 Å². The number of halogens is 4. The molecule has 1 aromatic heterocycles. The van der Waals surface area contributed by atoms with Gasteiger partial charge in [0.1, 0.15) is 0 Å². The van der Waals surface area contributed by atoms with Gasteiger partial charge in [0.25, 0.3) is 0 Å². The minimum atomic E-state index is -4.24. The molecule has 1 aliphatic rings. The number of aromatic nitrogens is 1. The summed E-state index contributed by atoms with van der Waals surface area (Å²) in [6.45, 7) is -0.822.